The number of hydrogen-bond acceptors (Lipinski definition) is 5. The van der Waals surface area contributed by atoms with E-state index in [4.69, 9.17) is 0 Å². The summed E-state index contributed by atoms with van der Waals surface area (Å²) in [6, 6.07) is 6.51. The SMILES string of the molecule is CCc1cnc(NC(=O)c2ccccc2C(=O)OC)s1. The molecule has 6 heteroatoms. The van der Waals surface area contributed by atoms with Crippen LogP contribution in [0.3, 0.4) is 0 Å². The minimum Gasteiger partial charge on any atom is -0.465 e. The molecule has 1 aromatic carbocycles. The van der Waals surface area contributed by atoms with Gasteiger partial charge in [-0.05, 0) is 18.6 Å². The van der Waals surface area contributed by atoms with Gasteiger partial charge in [0.05, 0.1) is 18.2 Å². The number of nitrogens with zero attached hydrogens (tertiary/aromatic N) is 1. The van der Waals surface area contributed by atoms with Crippen molar-refractivity contribution in [3.05, 3.63) is 46.5 Å². The van der Waals surface area contributed by atoms with Crippen LogP contribution in [0.4, 0.5) is 5.13 Å². The summed E-state index contributed by atoms with van der Waals surface area (Å²) in [5.74, 6) is -0.910. The molecule has 0 aliphatic rings. The minimum absolute atomic E-state index is 0.236. The first-order valence-electron chi connectivity index (χ1n) is 6.09. The van der Waals surface area contributed by atoms with Gasteiger partial charge in [-0.3, -0.25) is 10.1 Å². The maximum Gasteiger partial charge on any atom is 0.338 e. The van der Waals surface area contributed by atoms with Crippen molar-refractivity contribution in [2.24, 2.45) is 0 Å². The summed E-state index contributed by atoms with van der Waals surface area (Å²) < 4.78 is 4.67. The van der Waals surface area contributed by atoms with E-state index in [1.807, 2.05) is 6.92 Å². The van der Waals surface area contributed by atoms with Crippen LogP contribution in [0.2, 0.25) is 0 Å². The van der Waals surface area contributed by atoms with Crippen molar-refractivity contribution in [2.75, 3.05) is 12.4 Å². The summed E-state index contributed by atoms with van der Waals surface area (Å²) in [6.45, 7) is 2.02. The Morgan fingerprint density at radius 2 is 2.00 bits per heavy atom. The third-order valence-corrected chi connectivity index (χ3v) is 3.76. The number of esters is 1. The standard InChI is InChI=1S/C14H14N2O3S/c1-3-9-8-15-14(20-9)16-12(17)10-6-4-5-7-11(10)13(18)19-2/h4-8H,3H2,1-2H3,(H,15,16,17). The van der Waals surface area contributed by atoms with Crippen molar-refractivity contribution in [1.82, 2.24) is 4.98 Å². The Morgan fingerprint density at radius 1 is 1.30 bits per heavy atom. The fourth-order valence-electron chi connectivity index (χ4n) is 1.66. The number of anilines is 1. The van der Waals surface area contributed by atoms with Gasteiger partial charge >= 0.3 is 5.97 Å². The van der Waals surface area contributed by atoms with Crippen LogP contribution in [0.15, 0.2) is 30.5 Å². The number of nitrogens with one attached hydrogen (secondary N) is 1. The lowest BCUT2D eigenvalue weighted by molar-refractivity contribution is 0.0597. The molecule has 104 valence electrons. The number of carbonyl (C=O) groups is 2. The van der Waals surface area contributed by atoms with E-state index in [1.54, 1.807) is 30.5 Å². The quantitative estimate of drug-likeness (QED) is 0.879. The summed E-state index contributed by atoms with van der Waals surface area (Å²) >= 11 is 1.42. The number of rotatable bonds is 4. The van der Waals surface area contributed by atoms with Gasteiger partial charge in [-0.1, -0.05) is 19.1 Å². The number of aromatic nitrogens is 1. The smallest absolute Gasteiger partial charge is 0.338 e. The lowest BCUT2D eigenvalue weighted by atomic mass is 10.1. The minimum atomic E-state index is -0.538. The molecule has 0 atom stereocenters. The van der Waals surface area contributed by atoms with E-state index in [0.29, 0.717) is 5.13 Å². The van der Waals surface area contributed by atoms with E-state index < -0.39 is 5.97 Å². The maximum atomic E-state index is 12.2. The second-order valence-electron chi connectivity index (χ2n) is 3.98. The fourth-order valence-corrected chi connectivity index (χ4v) is 2.41. The third kappa shape index (κ3) is 3.03. The zero-order chi connectivity index (χ0) is 14.5. The molecule has 0 saturated heterocycles. The van der Waals surface area contributed by atoms with Gasteiger partial charge in [0.15, 0.2) is 5.13 Å². The molecule has 0 bridgehead atoms. The highest BCUT2D eigenvalue weighted by atomic mass is 32.1. The van der Waals surface area contributed by atoms with Gasteiger partial charge < -0.3 is 4.74 Å². The van der Waals surface area contributed by atoms with Gasteiger partial charge in [-0.25, -0.2) is 9.78 Å². The monoisotopic (exact) mass is 290 g/mol. The number of benzene rings is 1. The molecule has 0 aliphatic heterocycles. The van der Waals surface area contributed by atoms with Crippen molar-refractivity contribution in [3.8, 4) is 0 Å². The Morgan fingerprint density at radius 3 is 2.60 bits per heavy atom. The third-order valence-electron chi connectivity index (χ3n) is 2.70. The highest BCUT2D eigenvalue weighted by Gasteiger charge is 2.17. The van der Waals surface area contributed by atoms with Crippen molar-refractivity contribution in [3.63, 3.8) is 0 Å². The molecular formula is C14H14N2O3S. The van der Waals surface area contributed by atoms with E-state index >= 15 is 0 Å². The maximum absolute atomic E-state index is 12.2. The Kier molecular flexibility index (Phi) is 4.47. The number of aryl methyl sites for hydroxylation is 1. The molecule has 0 spiro atoms. The van der Waals surface area contributed by atoms with Crippen molar-refractivity contribution >= 4 is 28.3 Å². The zero-order valence-electron chi connectivity index (χ0n) is 11.2. The molecule has 20 heavy (non-hydrogen) atoms. The predicted octanol–water partition coefficient (Wildman–Crippen LogP) is 2.74. The van der Waals surface area contributed by atoms with Gasteiger partial charge in [0.25, 0.3) is 5.91 Å². The molecule has 1 N–H and O–H groups in total. The largest absolute Gasteiger partial charge is 0.465 e. The molecule has 0 fully saturated rings. The van der Waals surface area contributed by atoms with E-state index in [1.165, 1.54) is 18.4 Å². The molecule has 0 radical (unpaired) electrons. The van der Waals surface area contributed by atoms with Crippen molar-refractivity contribution in [1.29, 1.82) is 0 Å². The molecule has 0 saturated carbocycles. The number of methoxy groups -OCH3 is 1. The summed E-state index contributed by atoms with van der Waals surface area (Å²) in [4.78, 5) is 29.0. The molecule has 5 nitrogen and oxygen atoms in total. The van der Waals surface area contributed by atoms with Crippen LogP contribution in [0.25, 0.3) is 0 Å². The number of ether oxygens (including phenoxy) is 1. The van der Waals surface area contributed by atoms with Crippen LogP contribution in [0, 0.1) is 0 Å². The summed E-state index contributed by atoms with van der Waals surface area (Å²) in [5, 5.41) is 3.21. The van der Waals surface area contributed by atoms with Gasteiger partial charge in [0.2, 0.25) is 0 Å². The normalized spacial score (nSPS) is 10.1. The number of hydrogen-bond donors (Lipinski definition) is 1. The topological polar surface area (TPSA) is 68.3 Å². The summed E-state index contributed by atoms with van der Waals surface area (Å²) in [6.07, 6.45) is 2.60. The Bertz CT molecular complexity index is 637. The summed E-state index contributed by atoms with van der Waals surface area (Å²) in [5.41, 5.74) is 0.507. The van der Waals surface area contributed by atoms with Gasteiger partial charge in [-0.15, -0.1) is 11.3 Å². The predicted molar refractivity (Wildman–Crippen MR) is 77.2 cm³/mol. The summed E-state index contributed by atoms with van der Waals surface area (Å²) in [7, 11) is 1.28. The van der Waals surface area contributed by atoms with E-state index in [2.05, 4.69) is 15.0 Å². The van der Waals surface area contributed by atoms with Gasteiger partial charge in [0, 0.05) is 11.1 Å². The first-order valence-corrected chi connectivity index (χ1v) is 6.90. The Labute approximate surface area is 120 Å². The van der Waals surface area contributed by atoms with Crippen LogP contribution >= 0.6 is 11.3 Å². The highest BCUT2D eigenvalue weighted by Crippen LogP contribution is 2.20. The molecule has 1 heterocycles. The second kappa shape index (κ2) is 6.29. The van der Waals surface area contributed by atoms with E-state index in [9.17, 15) is 9.59 Å². The van der Waals surface area contributed by atoms with Crippen LogP contribution in [-0.4, -0.2) is 24.0 Å². The lowest BCUT2D eigenvalue weighted by Gasteiger charge is -2.06. The van der Waals surface area contributed by atoms with Crippen LogP contribution < -0.4 is 5.32 Å². The van der Waals surface area contributed by atoms with E-state index in [0.717, 1.165) is 11.3 Å². The van der Waals surface area contributed by atoms with Crippen LogP contribution in [0.5, 0.6) is 0 Å². The van der Waals surface area contributed by atoms with Gasteiger partial charge in [0.1, 0.15) is 0 Å². The first-order chi connectivity index (χ1) is 9.65. The molecule has 1 amide bonds. The number of carbonyl (C=O) groups excluding carboxylic acids is 2. The highest BCUT2D eigenvalue weighted by molar-refractivity contribution is 7.15. The second-order valence-corrected chi connectivity index (χ2v) is 5.09. The zero-order valence-corrected chi connectivity index (χ0v) is 12.0. The lowest BCUT2D eigenvalue weighted by Crippen LogP contribution is -2.16. The van der Waals surface area contributed by atoms with E-state index in [-0.39, 0.29) is 17.0 Å². The Hall–Kier alpha value is -2.21. The molecule has 0 unspecified atom stereocenters. The number of thiazole rings is 1. The van der Waals surface area contributed by atoms with Crippen molar-refractivity contribution < 1.29 is 14.3 Å². The van der Waals surface area contributed by atoms with Gasteiger partial charge in [-0.2, -0.15) is 0 Å². The van der Waals surface area contributed by atoms with Crippen LogP contribution in [-0.2, 0) is 11.2 Å². The molecule has 1 aromatic heterocycles. The van der Waals surface area contributed by atoms with Crippen molar-refractivity contribution in [2.45, 2.75) is 13.3 Å². The molecule has 2 rings (SSSR count). The average molecular weight is 290 g/mol. The molecular weight excluding hydrogens is 276 g/mol. The average Bonchev–Trinajstić information content (AvgIpc) is 2.94. The molecule has 0 aliphatic carbocycles. The Balaban J connectivity index is 2.23. The fraction of sp³-hybridized carbons (Fsp3) is 0.214. The molecule has 2 aromatic rings. The number of amides is 1. The first kappa shape index (κ1) is 14.2. The van der Waals surface area contributed by atoms with Crippen LogP contribution in [0.1, 0.15) is 32.5 Å².